The van der Waals surface area contributed by atoms with Crippen molar-refractivity contribution < 1.29 is 13.6 Å². The maximum Gasteiger partial charge on any atom is 0.264 e. The lowest BCUT2D eigenvalue weighted by Gasteiger charge is -2.32. The van der Waals surface area contributed by atoms with Crippen molar-refractivity contribution in [2.45, 2.75) is 51.1 Å². The van der Waals surface area contributed by atoms with Crippen LogP contribution in [-0.2, 0) is 19.4 Å². The Hall–Kier alpha value is -2.32. The first kappa shape index (κ1) is 20.6. The molecule has 1 saturated heterocycles. The van der Waals surface area contributed by atoms with Gasteiger partial charge in [-0.25, -0.2) is 8.78 Å². The molecule has 0 saturated carbocycles. The molecular weight excluding hydrogens is 400 g/mol. The Balaban J connectivity index is 1.62. The molecular formula is C23H29F2N5O. The zero-order valence-corrected chi connectivity index (χ0v) is 17.9. The summed E-state index contributed by atoms with van der Waals surface area (Å²) >= 11 is 0. The van der Waals surface area contributed by atoms with Crippen molar-refractivity contribution in [1.29, 1.82) is 0 Å². The number of carbonyl (C=O) groups is 1. The van der Waals surface area contributed by atoms with E-state index in [4.69, 9.17) is 5.10 Å². The number of fused-ring (bicyclic) bond motifs is 2. The van der Waals surface area contributed by atoms with Gasteiger partial charge in [0.05, 0.1) is 6.04 Å². The molecule has 1 fully saturated rings. The van der Waals surface area contributed by atoms with Crippen molar-refractivity contribution in [3.05, 3.63) is 40.1 Å². The molecule has 3 aliphatic rings. The number of anilines is 2. The van der Waals surface area contributed by atoms with Gasteiger partial charge in [0.2, 0.25) is 0 Å². The zero-order chi connectivity index (χ0) is 21.5. The number of carbonyl (C=O) groups excluding carboxylic acids is 1. The molecule has 0 amide bonds. The summed E-state index contributed by atoms with van der Waals surface area (Å²) in [5.74, 6) is 0.903. The number of likely N-dealkylation sites (N-methyl/N-ethyl adjacent to an activating group) is 1. The fourth-order valence-corrected chi connectivity index (χ4v) is 5.31. The van der Waals surface area contributed by atoms with Crippen LogP contribution in [-0.4, -0.2) is 54.2 Å². The Morgan fingerprint density at radius 2 is 2.00 bits per heavy atom. The first-order valence-electron chi connectivity index (χ1n) is 11.2. The largest absolute Gasteiger partial charge is 0.324 e. The molecule has 0 atom stereocenters. The number of halogens is 2. The summed E-state index contributed by atoms with van der Waals surface area (Å²) in [4.78, 5) is 15.8. The van der Waals surface area contributed by atoms with Crippen LogP contribution in [0.25, 0.3) is 0 Å². The van der Waals surface area contributed by atoms with Crippen molar-refractivity contribution in [3.8, 4) is 0 Å². The first-order valence-corrected chi connectivity index (χ1v) is 11.2. The molecule has 1 aromatic carbocycles. The highest BCUT2D eigenvalue weighted by Crippen LogP contribution is 2.41. The number of aryl methyl sites for hydroxylation is 1. The molecule has 1 aromatic heterocycles. The van der Waals surface area contributed by atoms with Crippen LogP contribution in [0.4, 0.5) is 20.3 Å². The second kappa shape index (κ2) is 8.31. The van der Waals surface area contributed by atoms with Gasteiger partial charge in [0.25, 0.3) is 6.43 Å². The number of hydrogen-bond donors (Lipinski definition) is 1. The number of piperidine rings is 1. The van der Waals surface area contributed by atoms with Crippen molar-refractivity contribution in [3.63, 3.8) is 0 Å². The Labute approximate surface area is 181 Å². The molecule has 4 heterocycles. The van der Waals surface area contributed by atoms with Gasteiger partial charge in [-0.1, -0.05) is 0 Å². The van der Waals surface area contributed by atoms with Crippen LogP contribution >= 0.6 is 0 Å². The lowest BCUT2D eigenvalue weighted by molar-refractivity contribution is 0.110. The molecule has 2 aromatic rings. The van der Waals surface area contributed by atoms with Crippen LogP contribution in [0.1, 0.15) is 64.5 Å². The lowest BCUT2D eigenvalue weighted by Crippen LogP contribution is -2.32. The van der Waals surface area contributed by atoms with E-state index in [1.165, 1.54) is 17.3 Å². The fraction of sp³-hybridized carbons (Fsp3) is 0.565. The third-order valence-corrected chi connectivity index (χ3v) is 6.93. The molecule has 31 heavy (non-hydrogen) atoms. The van der Waals surface area contributed by atoms with Crippen LogP contribution < -0.4 is 10.2 Å². The van der Waals surface area contributed by atoms with E-state index in [2.05, 4.69) is 26.8 Å². The third kappa shape index (κ3) is 3.65. The predicted molar refractivity (Wildman–Crippen MR) is 116 cm³/mol. The Kier molecular flexibility index (Phi) is 5.52. The maximum atomic E-state index is 13.7. The number of aldehydes is 1. The molecule has 166 valence electrons. The second-order valence-electron chi connectivity index (χ2n) is 8.95. The zero-order valence-electron chi connectivity index (χ0n) is 17.9. The summed E-state index contributed by atoms with van der Waals surface area (Å²) in [5.41, 5.74) is 4.15. The number of rotatable bonds is 4. The number of alkyl halides is 2. The summed E-state index contributed by atoms with van der Waals surface area (Å²) in [7, 11) is 2.12. The Morgan fingerprint density at radius 3 is 2.74 bits per heavy atom. The summed E-state index contributed by atoms with van der Waals surface area (Å²) in [6.45, 7) is 4.55. The van der Waals surface area contributed by atoms with E-state index < -0.39 is 6.43 Å². The Bertz CT molecular complexity index is 983. The highest BCUT2D eigenvalue weighted by atomic mass is 19.3. The van der Waals surface area contributed by atoms with E-state index in [-0.39, 0.29) is 11.1 Å². The van der Waals surface area contributed by atoms with Gasteiger partial charge in [0.1, 0.15) is 0 Å². The van der Waals surface area contributed by atoms with Crippen molar-refractivity contribution >= 4 is 17.8 Å². The molecule has 8 heteroatoms. The van der Waals surface area contributed by atoms with Gasteiger partial charge in [-0.15, -0.1) is 0 Å². The van der Waals surface area contributed by atoms with Gasteiger partial charge in [-0.05, 0) is 63.5 Å². The number of nitrogens with one attached hydrogen (secondary N) is 1. The average molecular weight is 430 g/mol. The van der Waals surface area contributed by atoms with Gasteiger partial charge < -0.3 is 15.1 Å². The lowest BCUT2D eigenvalue weighted by atomic mass is 9.95. The average Bonchev–Trinajstić information content (AvgIpc) is 3.16. The summed E-state index contributed by atoms with van der Waals surface area (Å²) in [5, 5.41) is 8.54. The summed E-state index contributed by atoms with van der Waals surface area (Å²) in [6.07, 6.45) is 2.62. The van der Waals surface area contributed by atoms with Gasteiger partial charge in [0.15, 0.2) is 12.1 Å². The van der Waals surface area contributed by atoms with E-state index in [1.807, 2.05) is 0 Å². The van der Waals surface area contributed by atoms with Crippen molar-refractivity contribution in [1.82, 2.24) is 20.0 Å². The van der Waals surface area contributed by atoms with Crippen molar-refractivity contribution in [2.75, 3.05) is 38.1 Å². The fourth-order valence-electron chi connectivity index (χ4n) is 5.31. The minimum Gasteiger partial charge on any atom is -0.324 e. The van der Waals surface area contributed by atoms with Gasteiger partial charge in [-0.3, -0.25) is 9.48 Å². The van der Waals surface area contributed by atoms with E-state index in [0.29, 0.717) is 12.3 Å². The highest BCUT2D eigenvalue weighted by Gasteiger charge is 2.32. The number of aromatic nitrogens is 2. The van der Waals surface area contributed by atoms with Crippen molar-refractivity contribution in [2.24, 2.45) is 0 Å². The molecule has 0 spiro atoms. The van der Waals surface area contributed by atoms with E-state index in [1.54, 1.807) is 6.07 Å². The molecule has 1 N–H and O–H groups in total. The van der Waals surface area contributed by atoms with E-state index in [9.17, 15) is 13.6 Å². The number of hydrogen-bond acceptors (Lipinski definition) is 5. The van der Waals surface area contributed by atoms with Gasteiger partial charge in [-0.2, -0.15) is 5.10 Å². The quantitative estimate of drug-likeness (QED) is 0.753. The molecule has 0 bridgehead atoms. The maximum absolute atomic E-state index is 13.7. The highest BCUT2D eigenvalue weighted by molar-refractivity contribution is 5.81. The topological polar surface area (TPSA) is 53.4 Å². The monoisotopic (exact) mass is 429 g/mol. The van der Waals surface area contributed by atoms with Crippen LogP contribution in [0.15, 0.2) is 12.1 Å². The smallest absolute Gasteiger partial charge is 0.264 e. The molecule has 0 aliphatic carbocycles. The minimum absolute atomic E-state index is 0.0950. The van der Waals surface area contributed by atoms with E-state index >= 15 is 0 Å². The molecule has 5 rings (SSSR count). The summed E-state index contributed by atoms with van der Waals surface area (Å²) in [6, 6.07) is 3.55. The van der Waals surface area contributed by atoms with Crippen LogP contribution in [0, 0.1) is 0 Å². The van der Waals surface area contributed by atoms with Gasteiger partial charge in [0, 0.05) is 54.1 Å². The number of benzene rings is 1. The second-order valence-corrected chi connectivity index (χ2v) is 8.95. The molecule has 0 unspecified atom stereocenters. The van der Waals surface area contributed by atoms with Crippen LogP contribution in [0.3, 0.4) is 0 Å². The summed E-state index contributed by atoms with van der Waals surface area (Å²) < 4.78 is 29.6. The Morgan fingerprint density at radius 1 is 1.19 bits per heavy atom. The first-order chi connectivity index (χ1) is 15.1. The van der Waals surface area contributed by atoms with Crippen LogP contribution in [0.5, 0.6) is 0 Å². The standard InChI is InChI=1S/C23H29F2N5O/c1-28-10-6-20-19(13-28)23(27-30(20)17-4-7-26-8-5-17)29-9-2-3-15-11-16(14-31)18(22(24)25)12-21(15)29/h11-12,14,17,22,26H,2-10,13H2,1H3. The molecule has 0 radical (unpaired) electrons. The SMILES string of the molecule is CN1CCc2c(c(N3CCCc4cc(C=O)c(C(F)F)cc43)nn2C2CCNCC2)C1. The van der Waals surface area contributed by atoms with E-state index in [0.717, 1.165) is 81.9 Å². The number of nitrogens with zero attached hydrogens (tertiary/aromatic N) is 4. The predicted octanol–water partition coefficient (Wildman–Crippen LogP) is 3.63. The molecule has 3 aliphatic heterocycles. The third-order valence-electron chi connectivity index (χ3n) is 6.93. The normalized spacial score (nSPS) is 20.1. The van der Waals surface area contributed by atoms with Crippen LogP contribution in [0.2, 0.25) is 0 Å². The van der Waals surface area contributed by atoms with Gasteiger partial charge >= 0.3 is 0 Å². The minimum atomic E-state index is -2.68. The molecule has 6 nitrogen and oxygen atoms in total.